The van der Waals surface area contributed by atoms with Crippen LogP contribution in [0.3, 0.4) is 0 Å². The van der Waals surface area contributed by atoms with Crippen molar-refractivity contribution < 1.29 is 9.15 Å². The Labute approximate surface area is 101 Å². The molecular formula is C13H18N2O2. The number of benzene rings is 1. The number of likely N-dealkylation sites (N-methyl/N-ethyl adjacent to an activating group) is 1. The summed E-state index contributed by atoms with van der Waals surface area (Å²) in [5.41, 5.74) is 3.07. The van der Waals surface area contributed by atoms with Crippen LogP contribution >= 0.6 is 0 Å². The van der Waals surface area contributed by atoms with Crippen molar-refractivity contribution in [1.29, 1.82) is 0 Å². The van der Waals surface area contributed by atoms with Crippen LogP contribution in [0, 0.1) is 6.92 Å². The number of methoxy groups -OCH3 is 1. The van der Waals surface area contributed by atoms with Gasteiger partial charge in [-0.25, -0.2) is 4.98 Å². The van der Waals surface area contributed by atoms with Gasteiger partial charge in [0.2, 0.25) is 0 Å². The average Bonchev–Trinajstić information content (AvgIpc) is 2.66. The number of hydrogen-bond acceptors (Lipinski definition) is 4. The molecule has 0 aliphatic heterocycles. The summed E-state index contributed by atoms with van der Waals surface area (Å²) in [4.78, 5) is 6.47. The maximum Gasteiger partial charge on any atom is 0.192 e. The molecule has 0 bridgehead atoms. The first-order valence-electron chi connectivity index (χ1n) is 5.72. The molecule has 17 heavy (non-hydrogen) atoms. The Balaban J connectivity index is 2.03. The maximum atomic E-state index is 5.45. The lowest BCUT2D eigenvalue weighted by atomic mass is 10.1. The quantitative estimate of drug-likeness (QED) is 0.743. The highest BCUT2D eigenvalue weighted by Crippen LogP contribution is 2.17. The number of ether oxygens (including phenoxy) is 1. The summed E-state index contributed by atoms with van der Waals surface area (Å²) in [5, 5.41) is 0. The highest BCUT2D eigenvalue weighted by Gasteiger charge is 2.04. The zero-order valence-corrected chi connectivity index (χ0v) is 10.6. The van der Waals surface area contributed by atoms with Gasteiger partial charge in [-0.3, -0.25) is 4.90 Å². The van der Waals surface area contributed by atoms with Crippen LogP contribution in [0.2, 0.25) is 0 Å². The summed E-state index contributed by atoms with van der Waals surface area (Å²) in [7, 11) is 3.75. The summed E-state index contributed by atoms with van der Waals surface area (Å²) in [5.74, 6) is 0.716. The van der Waals surface area contributed by atoms with Crippen molar-refractivity contribution in [3.8, 4) is 0 Å². The van der Waals surface area contributed by atoms with Crippen molar-refractivity contribution in [3.63, 3.8) is 0 Å². The van der Waals surface area contributed by atoms with E-state index in [1.165, 1.54) is 5.56 Å². The lowest BCUT2D eigenvalue weighted by Crippen LogP contribution is -2.23. The first-order chi connectivity index (χ1) is 8.19. The Bertz CT molecular complexity index is 493. The number of aromatic nitrogens is 1. The Hall–Kier alpha value is -1.39. The fraction of sp³-hybridized carbons (Fsp3) is 0.462. The summed E-state index contributed by atoms with van der Waals surface area (Å²) in [6.45, 7) is 3.49. The smallest absolute Gasteiger partial charge is 0.192 e. The Kier molecular flexibility index (Phi) is 3.76. The molecule has 0 saturated carbocycles. The van der Waals surface area contributed by atoms with Crippen LogP contribution in [0.25, 0.3) is 11.1 Å². The second kappa shape index (κ2) is 5.29. The highest BCUT2D eigenvalue weighted by atomic mass is 16.5. The largest absolute Gasteiger partial charge is 0.441 e. The molecule has 1 heterocycles. The normalized spacial score (nSPS) is 11.5. The predicted molar refractivity (Wildman–Crippen MR) is 67.0 cm³/mol. The number of rotatable bonds is 5. The molecule has 92 valence electrons. The summed E-state index contributed by atoms with van der Waals surface area (Å²) < 4.78 is 10.5. The van der Waals surface area contributed by atoms with Crippen LogP contribution in [-0.4, -0.2) is 37.3 Å². The van der Waals surface area contributed by atoms with Gasteiger partial charge in [-0.15, -0.1) is 0 Å². The molecule has 0 fully saturated rings. The third-order valence-corrected chi connectivity index (χ3v) is 2.69. The van der Waals surface area contributed by atoms with E-state index >= 15 is 0 Å². The van der Waals surface area contributed by atoms with E-state index in [4.69, 9.17) is 9.15 Å². The minimum atomic E-state index is 0.658. The molecule has 0 amide bonds. The van der Waals surface area contributed by atoms with E-state index in [9.17, 15) is 0 Å². The first kappa shape index (κ1) is 12.1. The van der Waals surface area contributed by atoms with Gasteiger partial charge in [0.1, 0.15) is 5.52 Å². The Morgan fingerprint density at radius 1 is 1.41 bits per heavy atom. The summed E-state index contributed by atoms with van der Waals surface area (Å²) >= 11 is 0. The van der Waals surface area contributed by atoms with E-state index in [1.54, 1.807) is 7.11 Å². The van der Waals surface area contributed by atoms with E-state index in [0.29, 0.717) is 12.6 Å². The number of hydrogen-bond donors (Lipinski definition) is 0. The first-order valence-corrected chi connectivity index (χ1v) is 5.72. The minimum absolute atomic E-state index is 0.658. The van der Waals surface area contributed by atoms with Gasteiger partial charge < -0.3 is 9.15 Å². The molecule has 2 aromatic rings. The van der Waals surface area contributed by atoms with Crippen molar-refractivity contribution in [3.05, 3.63) is 29.7 Å². The molecule has 0 saturated heterocycles. The second-order valence-electron chi connectivity index (χ2n) is 4.28. The maximum absolute atomic E-state index is 5.45. The van der Waals surface area contributed by atoms with Gasteiger partial charge in [0, 0.05) is 20.6 Å². The fourth-order valence-corrected chi connectivity index (χ4v) is 1.85. The zero-order chi connectivity index (χ0) is 12.3. The molecule has 0 N–H and O–H groups in total. The number of fused-ring (bicyclic) bond motifs is 1. The van der Waals surface area contributed by atoms with Gasteiger partial charge in [0.25, 0.3) is 0 Å². The Morgan fingerprint density at radius 3 is 3.00 bits per heavy atom. The molecule has 0 aliphatic carbocycles. The van der Waals surface area contributed by atoms with Gasteiger partial charge in [-0.05, 0) is 31.2 Å². The van der Waals surface area contributed by atoms with Crippen LogP contribution in [-0.2, 0) is 11.2 Å². The third-order valence-electron chi connectivity index (χ3n) is 2.69. The van der Waals surface area contributed by atoms with Gasteiger partial charge in [-0.2, -0.15) is 0 Å². The fourth-order valence-electron chi connectivity index (χ4n) is 1.85. The van der Waals surface area contributed by atoms with E-state index in [2.05, 4.69) is 22.0 Å². The number of oxazole rings is 1. The molecule has 0 spiro atoms. The average molecular weight is 234 g/mol. The molecule has 0 radical (unpaired) electrons. The third kappa shape index (κ3) is 3.05. The lowest BCUT2D eigenvalue weighted by Gasteiger charge is -2.14. The van der Waals surface area contributed by atoms with Crippen molar-refractivity contribution in [2.24, 2.45) is 0 Å². The monoisotopic (exact) mass is 234 g/mol. The van der Waals surface area contributed by atoms with Gasteiger partial charge in [0.15, 0.2) is 11.5 Å². The van der Waals surface area contributed by atoms with Crippen molar-refractivity contribution >= 4 is 11.1 Å². The summed E-state index contributed by atoms with van der Waals surface area (Å²) in [6, 6.07) is 6.17. The molecule has 4 heteroatoms. The van der Waals surface area contributed by atoms with Crippen LogP contribution < -0.4 is 0 Å². The molecular weight excluding hydrogens is 216 g/mol. The van der Waals surface area contributed by atoms with Crippen LogP contribution in [0.4, 0.5) is 0 Å². The van der Waals surface area contributed by atoms with E-state index in [0.717, 1.165) is 24.1 Å². The van der Waals surface area contributed by atoms with Gasteiger partial charge >= 0.3 is 0 Å². The lowest BCUT2D eigenvalue weighted by molar-refractivity contribution is 0.0827. The highest BCUT2D eigenvalue weighted by molar-refractivity contribution is 5.73. The molecule has 1 aromatic heterocycles. The summed E-state index contributed by atoms with van der Waals surface area (Å²) in [6.07, 6.45) is 0.988. The SMILES string of the molecule is COCN(C)CCc1ccc2oc(C)nc2c1. The predicted octanol–water partition coefficient (Wildman–Crippen LogP) is 2.21. The number of aryl methyl sites for hydroxylation is 1. The van der Waals surface area contributed by atoms with Crippen LogP contribution in [0.15, 0.2) is 22.6 Å². The van der Waals surface area contributed by atoms with Gasteiger partial charge in [0.05, 0.1) is 6.73 Å². The zero-order valence-electron chi connectivity index (χ0n) is 10.6. The van der Waals surface area contributed by atoms with Gasteiger partial charge in [-0.1, -0.05) is 6.07 Å². The van der Waals surface area contributed by atoms with Crippen molar-refractivity contribution in [2.45, 2.75) is 13.3 Å². The van der Waals surface area contributed by atoms with Crippen LogP contribution in [0.5, 0.6) is 0 Å². The van der Waals surface area contributed by atoms with Crippen LogP contribution in [0.1, 0.15) is 11.5 Å². The molecule has 0 aliphatic rings. The minimum Gasteiger partial charge on any atom is -0.441 e. The molecule has 1 aromatic carbocycles. The van der Waals surface area contributed by atoms with Crippen molar-refractivity contribution in [1.82, 2.24) is 9.88 Å². The molecule has 4 nitrogen and oxygen atoms in total. The van der Waals surface area contributed by atoms with Crippen molar-refractivity contribution in [2.75, 3.05) is 27.4 Å². The topological polar surface area (TPSA) is 38.5 Å². The molecule has 2 rings (SSSR count). The Morgan fingerprint density at radius 2 is 2.24 bits per heavy atom. The van der Waals surface area contributed by atoms with E-state index < -0.39 is 0 Å². The van der Waals surface area contributed by atoms with E-state index in [1.807, 2.05) is 20.0 Å². The van der Waals surface area contributed by atoms with E-state index in [-0.39, 0.29) is 0 Å². The second-order valence-corrected chi connectivity index (χ2v) is 4.28. The standard InChI is InChI=1S/C13H18N2O2/c1-10-14-12-8-11(4-5-13(12)17-10)6-7-15(2)9-16-3/h4-5,8H,6-7,9H2,1-3H3. The molecule has 0 unspecified atom stereocenters. The number of nitrogens with zero attached hydrogens (tertiary/aromatic N) is 2. The molecule has 0 atom stereocenters.